The maximum atomic E-state index is 13.7. The number of halogens is 4. The molecule has 2 aromatic rings. The molecule has 2 unspecified atom stereocenters. The number of benzene rings is 2. The fraction of sp³-hybridized carbons (Fsp3) is 0.478. The molecular weight excluding hydrogens is 444 g/mol. The first-order valence-corrected chi connectivity index (χ1v) is 10.8. The van der Waals surface area contributed by atoms with Crippen LogP contribution >= 0.6 is 0 Å². The predicted molar refractivity (Wildman–Crippen MR) is 113 cm³/mol. The van der Waals surface area contributed by atoms with Crippen molar-refractivity contribution in [3.05, 3.63) is 59.7 Å². The van der Waals surface area contributed by atoms with Gasteiger partial charge in [-0.1, -0.05) is 0 Å². The van der Waals surface area contributed by atoms with Gasteiger partial charge in [-0.25, -0.2) is 17.6 Å². The molecule has 0 spiro atoms. The van der Waals surface area contributed by atoms with Crippen LogP contribution in [0.4, 0.5) is 17.6 Å². The number of hydrogen-bond donors (Lipinski definition) is 3. The third kappa shape index (κ3) is 7.04. The van der Waals surface area contributed by atoms with Crippen molar-refractivity contribution in [3.8, 4) is 11.5 Å². The fourth-order valence-electron chi connectivity index (χ4n) is 3.79. The van der Waals surface area contributed by atoms with E-state index in [0.717, 1.165) is 37.4 Å². The number of aliphatic hydroxyl groups is 2. The van der Waals surface area contributed by atoms with E-state index in [-0.39, 0.29) is 30.7 Å². The second kappa shape index (κ2) is 11.6. The quantitative estimate of drug-likeness (QED) is 0.365. The van der Waals surface area contributed by atoms with Crippen LogP contribution in [0.5, 0.6) is 11.5 Å². The number of nitrogens with one attached hydrogen (secondary N) is 1. The maximum absolute atomic E-state index is 13.7. The van der Waals surface area contributed by atoms with Gasteiger partial charge in [-0.15, -0.1) is 0 Å². The van der Waals surface area contributed by atoms with Crippen LogP contribution in [0.3, 0.4) is 0 Å². The molecule has 0 saturated carbocycles. The minimum atomic E-state index is -1.08. The summed E-state index contributed by atoms with van der Waals surface area (Å²) in [7, 11) is 0. The first kappa shape index (κ1) is 25.2. The smallest absolute Gasteiger partial charge is 0.178 e. The molecule has 3 rings (SSSR count). The predicted octanol–water partition coefficient (Wildman–Crippen LogP) is 2.82. The van der Waals surface area contributed by atoms with Crippen LogP contribution in [0.15, 0.2) is 36.4 Å². The molecule has 1 aliphatic heterocycles. The van der Waals surface area contributed by atoms with Crippen molar-refractivity contribution in [2.45, 2.75) is 44.2 Å². The zero-order valence-corrected chi connectivity index (χ0v) is 18.2. The summed E-state index contributed by atoms with van der Waals surface area (Å²) in [5, 5.41) is 24.3. The molecule has 0 radical (unpaired) electrons. The lowest BCUT2D eigenvalue weighted by atomic mass is 10.0. The van der Waals surface area contributed by atoms with Gasteiger partial charge in [0.1, 0.15) is 30.3 Å². The normalized spacial score (nSPS) is 17.6. The molecule has 2 aromatic carbocycles. The molecule has 33 heavy (non-hydrogen) atoms. The van der Waals surface area contributed by atoms with Crippen molar-refractivity contribution >= 4 is 0 Å². The van der Waals surface area contributed by atoms with Crippen LogP contribution in [-0.4, -0.2) is 65.8 Å². The molecule has 3 atom stereocenters. The molecule has 1 aliphatic rings. The van der Waals surface area contributed by atoms with Crippen LogP contribution in [0, 0.1) is 23.3 Å². The molecule has 1 heterocycles. The fourth-order valence-corrected chi connectivity index (χ4v) is 3.79. The SMILES string of the molecule is CC(O)C(Oc1ccc(F)c(F)c1)N(C[C@H](O)COc1ccc(F)c(F)c1)C1CCNCC1. The van der Waals surface area contributed by atoms with Gasteiger partial charge in [-0.3, -0.25) is 4.90 Å². The topological polar surface area (TPSA) is 74.2 Å². The van der Waals surface area contributed by atoms with Crippen LogP contribution < -0.4 is 14.8 Å². The van der Waals surface area contributed by atoms with Crippen LogP contribution in [0.1, 0.15) is 19.8 Å². The van der Waals surface area contributed by atoms with E-state index in [1.165, 1.54) is 19.1 Å². The third-order valence-corrected chi connectivity index (χ3v) is 5.42. The average molecular weight is 472 g/mol. The Hall–Kier alpha value is -2.40. The molecule has 6 nitrogen and oxygen atoms in total. The van der Waals surface area contributed by atoms with Gasteiger partial charge in [0.2, 0.25) is 0 Å². The molecule has 10 heteroatoms. The number of piperidine rings is 1. The maximum Gasteiger partial charge on any atom is 0.178 e. The minimum absolute atomic E-state index is 0.0214. The molecular formula is C23H28F4N2O4. The second-order valence-corrected chi connectivity index (χ2v) is 8.04. The molecule has 3 N–H and O–H groups in total. The van der Waals surface area contributed by atoms with Gasteiger partial charge in [-0.2, -0.15) is 0 Å². The summed E-state index contributed by atoms with van der Waals surface area (Å²) in [6, 6.07) is 6.08. The van der Waals surface area contributed by atoms with Gasteiger partial charge in [0, 0.05) is 24.7 Å². The lowest BCUT2D eigenvalue weighted by Crippen LogP contribution is -2.56. The number of nitrogens with zero attached hydrogens (tertiary/aromatic N) is 1. The van der Waals surface area contributed by atoms with E-state index in [1.54, 1.807) is 4.90 Å². The highest BCUT2D eigenvalue weighted by Gasteiger charge is 2.34. The Balaban J connectivity index is 1.73. The van der Waals surface area contributed by atoms with Crippen molar-refractivity contribution in [2.24, 2.45) is 0 Å². The first-order valence-electron chi connectivity index (χ1n) is 10.8. The minimum Gasteiger partial charge on any atom is -0.491 e. The Morgan fingerprint density at radius 1 is 0.939 bits per heavy atom. The largest absolute Gasteiger partial charge is 0.491 e. The summed E-state index contributed by atoms with van der Waals surface area (Å²) in [5.41, 5.74) is 0. The Labute approximate surface area is 189 Å². The summed E-state index contributed by atoms with van der Waals surface area (Å²) in [6.45, 7) is 2.75. The van der Waals surface area contributed by atoms with Gasteiger partial charge >= 0.3 is 0 Å². The summed E-state index contributed by atoms with van der Waals surface area (Å²) in [4.78, 5) is 1.77. The van der Waals surface area contributed by atoms with Crippen molar-refractivity contribution in [1.82, 2.24) is 10.2 Å². The lowest BCUT2D eigenvalue weighted by molar-refractivity contribution is -0.0987. The molecule has 1 fully saturated rings. The summed E-state index contributed by atoms with van der Waals surface area (Å²) in [6.07, 6.45) is -1.65. The van der Waals surface area contributed by atoms with Gasteiger partial charge in [0.05, 0.1) is 0 Å². The van der Waals surface area contributed by atoms with Crippen molar-refractivity contribution in [1.29, 1.82) is 0 Å². The highest BCUT2D eigenvalue weighted by atomic mass is 19.2. The Kier molecular flexibility index (Phi) is 8.90. The molecule has 1 saturated heterocycles. The van der Waals surface area contributed by atoms with Gasteiger partial charge in [0.25, 0.3) is 0 Å². The number of aliphatic hydroxyl groups excluding tert-OH is 2. The standard InChI is InChI=1S/C23H28F4N2O4/c1-14(30)23(33-18-3-5-20(25)22(27)11-18)29(15-6-8-28-9-7-15)12-16(31)13-32-17-2-4-19(24)21(26)10-17/h2-5,10-11,14-16,23,28,30-31H,6-9,12-13H2,1H3/t14?,16-,23?/m0/s1. The van der Waals surface area contributed by atoms with Crippen LogP contribution in [0.2, 0.25) is 0 Å². The average Bonchev–Trinajstić information content (AvgIpc) is 2.79. The van der Waals surface area contributed by atoms with Gasteiger partial charge in [0.15, 0.2) is 29.5 Å². The number of ether oxygens (including phenoxy) is 2. The van der Waals surface area contributed by atoms with Crippen molar-refractivity contribution in [2.75, 3.05) is 26.2 Å². The zero-order chi connectivity index (χ0) is 24.0. The Morgan fingerprint density at radius 3 is 2.09 bits per heavy atom. The first-order chi connectivity index (χ1) is 15.7. The van der Waals surface area contributed by atoms with E-state index >= 15 is 0 Å². The zero-order valence-electron chi connectivity index (χ0n) is 18.2. The van der Waals surface area contributed by atoms with Gasteiger partial charge in [-0.05, 0) is 57.1 Å². The van der Waals surface area contributed by atoms with Crippen LogP contribution in [-0.2, 0) is 0 Å². The number of rotatable bonds is 10. The molecule has 0 aromatic heterocycles. The number of hydrogen-bond acceptors (Lipinski definition) is 6. The highest BCUT2D eigenvalue weighted by Crippen LogP contribution is 2.24. The lowest BCUT2D eigenvalue weighted by Gasteiger charge is -2.41. The summed E-state index contributed by atoms with van der Waals surface area (Å²) >= 11 is 0. The molecule has 182 valence electrons. The summed E-state index contributed by atoms with van der Waals surface area (Å²) in [5.74, 6) is -4.07. The Morgan fingerprint density at radius 2 is 1.52 bits per heavy atom. The third-order valence-electron chi connectivity index (χ3n) is 5.42. The van der Waals surface area contributed by atoms with Crippen LogP contribution in [0.25, 0.3) is 0 Å². The molecule has 0 bridgehead atoms. The highest BCUT2D eigenvalue weighted by molar-refractivity contribution is 5.24. The van der Waals surface area contributed by atoms with E-state index < -0.39 is 41.7 Å². The van der Waals surface area contributed by atoms with Gasteiger partial charge < -0.3 is 25.0 Å². The van der Waals surface area contributed by atoms with E-state index in [0.29, 0.717) is 12.8 Å². The second-order valence-electron chi connectivity index (χ2n) is 8.04. The molecule has 0 aliphatic carbocycles. The Bertz CT molecular complexity index is 912. The summed E-state index contributed by atoms with van der Waals surface area (Å²) < 4.78 is 64.7. The molecule has 0 amide bonds. The van der Waals surface area contributed by atoms with E-state index in [1.807, 2.05) is 0 Å². The van der Waals surface area contributed by atoms with Crippen molar-refractivity contribution < 1.29 is 37.2 Å². The van der Waals surface area contributed by atoms with Crippen molar-refractivity contribution in [3.63, 3.8) is 0 Å². The van der Waals surface area contributed by atoms with E-state index in [4.69, 9.17) is 9.47 Å². The monoisotopic (exact) mass is 472 g/mol. The van der Waals surface area contributed by atoms with E-state index in [9.17, 15) is 27.8 Å². The van der Waals surface area contributed by atoms with E-state index in [2.05, 4.69) is 5.32 Å².